The third-order valence-electron chi connectivity index (χ3n) is 8.51. The fourth-order valence-electron chi connectivity index (χ4n) is 5.88. The van der Waals surface area contributed by atoms with E-state index in [2.05, 4.69) is 37.2 Å². The molecule has 0 spiro atoms. The van der Waals surface area contributed by atoms with E-state index in [0.717, 1.165) is 15.7 Å². The van der Waals surface area contributed by atoms with Gasteiger partial charge in [-0.1, -0.05) is 23.3 Å². The van der Waals surface area contributed by atoms with E-state index in [9.17, 15) is 9.90 Å². The molecule has 0 aliphatic carbocycles. The zero-order chi connectivity index (χ0) is 38.9. The number of morpholine rings is 1. The summed E-state index contributed by atoms with van der Waals surface area (Å²) in [6.45, 7) is 5.75. The Morgan fingerprint density at radius 2 is 1.66 bits per heavy atom. The van der Waals surface area contributed by atoms with Crippen molar-refractivity contribution in [1.29, 1.82) is 0 Å². The third-order valence-corrected chi connectivity index (χ3v) is 8.51. The highest BCUT2D eigenvalue weighted by atomic mass is 16.5. The number of anilines is 4. The molecule has 2 aromatic carbocycles. The zero-order valence-electron chi connectivity index (χ0n) is 28.8. The van der Waals surface area contributed by atoms with Crippen LogP contribution >= 0.6 is 0 Å². The lowest BCUT2D eigenvalue weighted by molar-refractivity contribution is -0.111. The fourth-order valence-corrected chi connectivity index (χ4v) is 5.88. The maximum atomic E-state index is 12.4. The van der Waals surface area contributed by atoms with E-state index >= 15 is 0 Å². The summed E-state index contributed by atoms with van der Waals surface area (Å²) in [6.07, 6.45) is 0.675. The van der Waals surface area contributed by atoms with Crippen LogP contribution in [0.15, 0.2) is 37.1 Å². The van der Waals surface area contributed by atoms with Gasteiger partial charge < -0.3 is 35.0 Å². The smallest absolute Gasteiger partial charge is 0.247 e. The van der Waals surface area contributed by atoms with Gasteiger partial charge >= 0.3 is 0 Å². The van der Waals surface area contributed by atoms with Crippen LogP contribution < -0.4 is 53.2 Å². The van der Waals surface area contributed by atoms with Crippen LogP contribution in [-0.2, 0) is 14.9 Å². The van der Waals surface area contributed by atoms with E-state index in [0.29, 0.717) is 49.1 Å². The Morgan fingerprint density at radius 1 is 1.04 bits per heavy atom. The van der Waals surface area contributed by atoms with Crippen molar-refractivity contribution in [3.63, 3.8) is 0 Å². The minimum absolute atomic E-state index is 0.0358. The highest BCUT2D eigenvalue weighted by molar-refractivity contribution is 6.68. The average molecular weight is 678 g/mol. The normalized spacial score (nSPS) is 13.9. The number of amides is 1. The van der Waals surface area contributed by atoms with Crippen molar-refractivity contribution in [2.45, 2.75) is 17.3 Å². The number of aliphatic hydroxyl groups excluding tert-OH is 1. The number of hydrogen-bond donors (Lipinski definition) is 3. The monoisotopic (exact) mass is 680 g/mol. The average Bonchev–Trinajstić information content (AvgIpc) is 3.47. The molecule has 1 aliphatic rings. The number of methoxy groups -OCH3 is 1. The molecule has 3 N–H and O–H groups in total. The molecule has 1 saturated heterocycles. The Hall–Kier alpha value is -4.07. The standard InChI is InChI=1S/C30H23B11N8O4/c1-3-17(50)43-12-10-13(15(52-2)11-14(12)47-6-8-53-9-7-47)44-29-42-5-4-16(45-29)49-26(36)19(30(40,41)48(27(37)38)28(39)51)25(46-49)18-20(31)22(33)24(35)23(34)21(18)32/h3-5,10-11,27-28,51H,1,6-9H2,2H3,(H,43,50)(H,42,44,45). The van der Waals surface area contributed by atoms with Gasteiger partial charge in [0.2, 0.25) is 11.9 Å². The Morgan fingerprint density at radius 3 is 2.23 bits per heavy atom. The van der Waals surface area contributed by atoms with Gasteiger partial charge in [-0.05, 0) is 34.2 Å². The molecule has 0 bridgehead atoms. The van der Waals surface area contributed by atoms with Gasteiger partial charge in [0.25, 0.3) is 0 Å². The predicted molar refractivity (Wildman–Crippen MR) is 217 cm³/mol. The van der Waals surface area contributed by atoms with Gasteiger partial charge in [0.05, 0.1) is 80.6 Å². The summed E-state index contributed by atoms with van der Waals surface area (Å²) >= 11 is 0. The highest BCUT2D eigenvalue weighted by Gasteiger charge is 2.38. The van der Waals surface area contributed by atoms with Crippen molar-refractivity contribution in [2.75, 3.05) is 48.9 Å². The zero-order valence-corrected chi connectivity index (χ0v) is 28.8. The van der Waals surface area contributed by atoms with Crippen molar-refractivity contribution in [1.82, 2.24) is 24.6 Å². The third kappa shape index (κ3) is 7.79. The highest BCUT2D eigenvalue weighted by Crippen LogP contribution is 2.39. The van der Waals surface area contributed by atoms with E-state index in [1.165, 1.54) is 19.4 Å². The second kappa shape index (κ2) is 16.1. The van der Waals surface area contributed by atoms with Gasteiger partial charge in [0.15, 0.2) is 5.82 Å². The number of aromatic nitrogens is 4. The largest absolute Gasteiger partial charge is 0.494 e. The first-order valence-corrected chi connectivity index (χ1v) is 15.8. The van der Waals surface area contributed by atoms with Crippen LogP contribution in [0.1, 0.15) is 5.56 Å². The molecule has 5 rings (SSSR count). The van der Waals surface area contributed by atoms with Crippen LogP contribution in [0.5, 0.6) is 5.75 Å². The van der Waals surface area contributed by atoms with E-state index in [-0.39, 0.29) is 61.5 Å². The Kier molecular flexibility index (Phi) is 12.2. The number of carbonyl (C=O) groups excluding carboxylic acids is 1. The first-order chi connectivity index (χ1) is 25.0. The van der Waals surface area contributed by atoms with E-state index in [1.54, 1.807) is 12.1 Å². The number of benzene rings is 2. The summed E-state index contributed by atoms with van der Waals surface area (Å²) in [5, 5.41) is 18.6. The number of rotatable bonds is 12. The molecule has 1 atom stereocenters. The van der Waals surface area contributed by atoms with E-state index in [1.807, 2.05) is 0 Å². The Bertz CT molecular complexity index is 2010. The second-order valence-electron chi connectivity index (χ2n) is 11.8. The molecular formula is C30H23B11N8O4. The van der Waals surface area contributed by atoms with Gasteiger partial charge in [-0.2, -0.15) is 10.1 Å². The summed E-state index contributed by atoms with van der Waals surface area (Å²) in [7, 11) is 70.2. The van der Waals surface area contributed by atoms with Gasteiger partial charge in [0, 0.05) is 31.4 Å². The Balaban J connectivity index is 1.67. The van der Waals surface area contributed by atoms with Crippen LogP contribution in [0.3, 0.4) is 0 Å². The quantitative estimate of drug-likeness (QED) is 0.0757. The maximum absolute atomic E-state index is 12.4. The minimum Gasteiger partial charge on any atom is -0.494 e. The number of nitrogens with zero attached hydrogens (tertiary/aromatic N) is 6. The van der Waals surface area contributed by atoms with Gasteiger partial charge in [-0.25, -0.2) is 9.67 Å². The second-order valence-corrected chi connectivity index (χ2v) is 11.8. The van der Waals surface area contributed by atoms with Crippen LogP contribution in [0.25, 0.3) is 17.1 Å². The van der Waals surface area contributed by atoms with Gasteiger partial charge in [0.1, 0.15) is 60.7 Å². The molecule has 1 aliphatic heterocycles. The lowest BCUT2D eigenvalue weighted by Gasteiger charge is -2.46. The maximum Gasteiger partial charge on any atom is 0.247 e. The number of carbonyl (C=O) groups is 1. The summed E-state index contributed by atoms with van der Waals surface area (Å²) < 4.78 is 12.3. The molecule has 1 unspecified atom stereocenters. The van der Waals surface area contributed by atoms with Crippen LogP contribution in [-0.4, -0.2) is 167 Å². The van der Waals surface area contributed by atoms with Crippen molar-refractivity contribution >= 4 is 148 Å². The summed E-state index contributed by atoms with van der Waals surface area (Å²) in [5.41, 5.74) is 0.355. The molecule has 1 amide bonds. The van der Waals surface area contributed by atoms with E-state index in [4.69, 9.17) is 95.8 Å². The molecule has 0 saturated carbocycles. The molecule has 23 heteroatoms. The van der Waals surface area contributed by atoms with Crippen molar-refractivity contribution in [2.24, 2.45) is 0 Å². The molecule has 1 fully saturated rings. The summed E-state index contributed by atoms with van der Waals surface area (Å²) in [6, 6.07) is 4.90. The predicted octanol–water partition coefficient (Wildman–Crippen LogP) is -6.38. The van der Waals surface area contributed by atoms with Gasteiger partial charge in [-0.3, -0.25) is 4.79 Å². The lowest BCUT2D eigenvalue weighted by Crippen LogP contribution is -2.60. The molecule has 3 heterocycles. The summed E-state index contributed by atoms with van der Waals surface area (Å²) in [4.78, 5) is 24.2. The SMILES string of the molecule is [B]c1c([B])c([B])c(-c2nn(-c3ccnc(Nc4cc(NC(=O)C=C)c(N5CCOCC5)cc4OC)n3)c([B])c2C([B])([B])N(C([B])[B])C([B])O)c([B])c1[B]. The van der Waals surface area contributed by atoms with Gasteiger partial charge in [-0.15, -0.1) is 16.4 Å². The lowest BCUT2D eigenvalue weighted by atomic mass is 9.51. The Labute approximate surface area is 322 Å². The minimum atomic E-state index is -2.35. The topological polar surface area (TPSA) is 130 Å². The van der Waals surface area contributed by atoms with Crippen LogP contribution in [0.4, 0.5) is 23.0 Å². The van der Waals surface area contributed by atoms with Crippen LogP contribution in [0.2, 0.25) is 0 Å². The van der Waals surface area contributed by atoms with Crippen molar-refractivity contribution in [3.8, 4) is 22.8 Å². The van der Waals surface area contributed by atoms with Crippen molar-refractivity contribution in [3.05, 3.63) is 42.6 Å². The number of ether oxygens (including phenoxy) is 2. The summed E-state index contributed by atoms with van der Waals surface area (Å²) in [5.74, 6) is -1.43. The number of nitrogens with one attached hydrogen (secondary N) is 2. The molecule has 2 aromatic heterocycles. The molecule has 22 radical (unpaired) electrons. The van der Waals surface area contributed by atoms with Crippen LogP contribution in [0, 0.1) is 0 Å². The molecule has 53 heavy (non-hydrogen) atoms. The molecule has 12 nitrogen and oxygen atoms in total. The molecule has 240 valence electrons. The van der Waals surface area contributed by atoms with E-state index < -0.39 is 23.2 Å². The number of aliphatic hydroxyl groups is 1. The first kappa shape index (κ1) is 40.1. The molecular weight excluding hydrogens is 655 g/mol. The number of hydrogen-bond acceptors (Lipinski definition) is 10. The molecule has 4 aromatic rings. The van der Waals surface area contributed by atoms with Crippen molar-refractivity contribution < 1.29 is 19.4 Å². The fraction of sp³-hybridized carbons (Fsp3) is 0.267. The first-order valence-electron chi connectivity index (χ1n) is 15.8.